The third kappa shape index (κ3) is 11.5. The fourth-order valence-electron chi connectivity index (χ4n) is 0.448. The van der Waals surface area contributed by atoms with Crippen LogP contribution >= 0.6 is 0 Å². The smallest absolute Gasteiger partial charge is 0.300 e. The molecular weight excluding hydrogens is 153 g/mol. The molecule has 1 heterocycles. The molecule has 3 radical (unpaired) electrons. The molecule has 0 amide bonds. The lowest BCUT2D eigenvalue weighted by Gasteiger charge is -1.82. The molecule has 1 aromatic heterocycles. The van der Waals surface area contributed by atoms with Crippen molar-refractivity contribution in [3.8, 4) is 0 Å². The van der Waals surface area contributed by atoms with E-state index in [9.17, 15) is 0 Å². The minimum atomic E-state index is -0.833. The first-order chi connectivity index (χ1) is 5.13. The second kappa shape index (κ2) is 7.79. The highest BCUT2D eigenvalue weighted by Gasteiger charge is 1.73. The van der Waals surface area contributed by atoms with Gasteiger partial charge in [0, 0.05) is 27.2 Å². The molecule has 1 N–H and O–H groups in total. The zero-order valence-corrected chi connectivity index (χ0v) is 7.19. The van der Waals surface area contributed by atoms with Crippen molar-refractivity contribution in [3.63, 3.8) is 0 Å². The summed E-state index contributed by atoms with van der Waals surface area (Å²) in [6.45, 7) is 3.06. The Kier molecular flexibility index (Phi) is 8.62. The molecule has 63 valence electrons. The highest BCUT2D eigenvalue weighted by atomic mass is 16.4. The second-order valence-corrected chi connectivity index (χ2v) is 1.99. The fourth-order valence-corrected chi connectivity index (χ4v) is 0.448. The largest absolute Gasteiger partial charge is 0.481 e. The van der Waals surface area contributed by atoms with Crippen LogP contribution in [0.15, 0.2) is 24.4 Å². The third-order valence-corrected chi connectivity index (χ3v) is 0.813. The maximum absolute atomic E-state index is 9.00. The highest BCUT2D eigenvalue weighted by Crippen LogP contribution is 1.85. The van der Waals surface area contributed by atoms with E-state index in [0.717, 1.165) is 12.6 Å². The van der Waals surface area contributed by atoms with Crippen LogP contribution in [-0.4, -0.2) is 24.5 Å². The van der Waals surface area contributed by atoms with E-state index in [1.807, 2.05) is 25.1 Å². The van der Waals surface area contributed by atoms with Gasteiger partial charge >= 0.3 is 0 Å². The topological polar surface area (TPSA) is 50.2 Å². The van der Waals surface area contributed by atoms with Crippen molar-refractivity contribution in [1.82, 2.24) is 4.98 Å². The predicted octanol–water partition coefficient (Wildman–Crippen LogP) is 1.10. The number of pyridine rings is 1. The van der Waals surface area contributed by atoms with Crippen molar-refractivity contribution < 1.29 is 9.90 Å². The molecule has 12 heavy (non-hydrogen) atoms. The van der Waals surface area contributed by atoms with Crippen LogP contribution in [0.4, 0.5) is 0 Å². The van der Waals surface area contributed by atoms with Crippen molar-refractivity contribution in [2.45, 2.75) is 13.8 Å². The number of carbonyl (C=O) groups is 1. The number of carboxylic acid groups (broad SMARTS) is 1. The number of aromatic nitrogens is 1. The first kappa shape index (κ1) is 13.3. The van der Waals surface area contributed by atoms with Gasteiger partial charge < -0.3 is 5.11 Å². The Morgan fingerprint density at radius 1 is 1.50 bits per heavy atom. The molecule has 0 aliphatic rings. The van der Waals surface area contributed by atoms with Gasteiger partial charge in [0.2, 0.25) is 0 Å². The summed E-state index contributed by atoms with van der Waals surface area (Å²) in [5.41, 5.74) is 1.07. The van der Waals surface area contributed by atoms with E-state index in [4.69, 9.17) is 9.90 Å². The van der Waals surface area contributed by atoms with Crippen LogP contribution in [0.25, 0.3) is 0 Å². The van der Waals surface area contributed by atoms with Crippen molar-refractivity contribution in [1.29, 1.82) is 0 Å². The van der Waals surface area contributed by atoms with Crippen LogP contribution in [0.3, 0.4) is 0 Å². The summed E-state index contributed by atoms with van der Waals surface area (Å²) in [6, 6.07) is 5.86. The molecule has 0 aliphatic carbocycles. The fraction of sp³-hybridized carbons (Fsp3) is 0.250. The van der Waals surface area contributed by atoms with Gasteiger partial charge in [0.1, 0.15) is 0 Å². The first-order valence-corrected chi connectivity index (χ1v) is 3.20. The minimum absolute atomic E-state index is 0. The van der Waals surface area contributed by atoms with Crippen LogP contribution < -0.4 is 0 Å². The SMILES string of the molecule is CC(=O)O.Cc1ccccn1.[B]. The van der Waals surface area contributed by atoms with Gasteiger partial charge in [-0.2, -0.15) is 0 Å². The van der Waals surface area contributed by atoms with Crippen molar-refractivity contribution >= 4 is 14.4 Å². The number of aliphatic carboxylic acids is 1. The molecule has 0 saturated heterocycles. The molecule has 0 fully saturated rings. The lowest BCUT2D eigenvalue weighted by atomic mass is 10.4. The second-order valence-electron chi connectivity index (χ2n) is 1.99. The molecular formula is C8H11BNO2. The lowest BCUT2D eigenvalue weighted by molar-refractivity contribution is -0.134. The molecule has 1 rings (SSSR count). The zero-order chi connectivity index (χ0) is 8.69. The lowest BCUT2D eigenvalue weighted by Crippen LogP contribution is -1.78. The van der Waals surface area contributed by atoms with Gasteiger partial charge in [0.15, 0.2) is 0 Å². The molecule has 3 nitrogen and oxygen atoms in total. The minimum Gasteiger partial charge on any atom is -0.481 e. The molecule has 1 aromatic rings. The van der Waals surface area contributed by atoms with E-state index in [1.165, 1.54) is 0 Å². The summed E-state index contributed by atoms with van der Waals surface area (Å²) >= 11 is 0. The number of carboxylic acids is 1. The first-order valence-electron chi connectivity index (χ1n) is 3.20. The van der Waals surface area contributed by atoms with Crippen LogP contribution in [0.1, 0.15) is 12.6 Å². The average Bonchev–Trinajstić information content (AvgIpc) is 1.87. The molecule has 0 spiro atoms. The van der Waals surface area contributed by atoms with E-state index in [-0.39, 0.29) is 8.41 Å². The Morgan fingerprint density at radius 3 is 2.17 bits per heavy atom. The summed E-state index contributed by atoms with van der Waals surface area (Å²) in [7, 11) is 0. The molecule has 0 atom stereocenters. The molecule has 0 bridgehead atoms. The van der Waals surface area contributed by atoms with E-state index < -0.39 is 5.97 Å². The quantitative estimate of drug-likeness (QED) is 0.584. The Hall–Kier alpha value is -1.32. The van der Waals surface area contributed by atoms with E-state index in [2.05, 4.69) is 4.98 Å². The third-order valence-electron chi connectivity index (χ3n) is 0.813. The number of hydrogen-bond acceptors (Lipinski definition) is 2. The van der Waals surface area contributed by atoms with E-state index in [1.54, 1.807) is 6.20 Å². The maximum atomic E-state index is 9.00. The summed E-state index contributed by atoms with van der Waals surface area (Å²) in [4.78, 5) is 13.0. The predicted molar refractivity (Wildman–Crippen MR) is 48.0 cm³/mol. The van der Waals surface area contributed by atoms with Gasteiger partial charge in [-0.15, -0.1) is 0 Å². The average molecular weight is 164 g/mol. The Balaban J connectivity index is 0. The van der Waals surface area contributed by atoms with Crippen molar-refractivity contribution in [2.75, 3.05) is 0 Å². The summed E-state index contributed by atoms with van der Waals surface area (Å²) in [5, 5.41) is 7.42. The van der Waals surface area contributed by atoms with Crippen LogP contribution in [0.5, 0.6) is 0 Å². The zero-order valence-electron chi connectivity index (χ0n) is 7.19. The monoisotopic (exact) mass is 164 g/mol. The number of rotatable bonds is 0. The van der Waals surface area contributed by atoms with E-state index >= 15 is 0 Å². The molecule has 0 saturated carbocycles. The molecule has 0 aromatic carbocycles. The Morgan fingerprint density at radius 2 is 2.00 bits per heavy atom. The standard InChI is InChI=1S/C6H7N.C2H4O2.B/c1-6-4-2-3-5-7-6;1-2(3)4;/h2-5H,1H3;1H3,(H,3,4);. The number of nitrogens with zero attached hydrogens (tertiary/aromatic N) is 1. The van der Waals surface area contributed by atoms with Gasteiger partial charge in [-0.25, -0.2) is 0 Å². The maximum Gasteiger partial charge on any atom is 0.300 e. The highest BCUT2D eigenvalue weighted by molar-refractivity contribution is 5.75. The number of aryl methyl sites for hydroxylation is 1. The summed E-state index contributed by atoms with van der Waals surface area (Å²) < 4.78 is 0. The van der Waals surface area contributed by atoms with E-state index in [0.29, 0.717) is 0 Å². The van der Waals surface area contributed by atoms with Gasteiger partial charge in [-0.05, 0) is 19.1 Å². The summed E-state index contributed by atoms with van der Waals surface area (Å²) in [6.07, 6.45) is 1.79. The van der Waals surface area contributed by atoms with Gasteiger partial charge in [0.25, 0.3) is 5.97 Å². The molecule has 0 unspecified atom stereocenters. The number of hydrogen-bond donors (Lipinski definition) is 1. The van der Waals surface area contributed by atoms with Crippen LogP contribution in [-0.2, 0) is 4.79 Å². The van der Waals surface area contributed by atoms with Crippen molar-refractivity contribution in [2.24, 2.45) is 0 Å². The normalized spacial score (nSPS) is 7.17. The van der Waals surface area contributed by atoms with Crippen LogP contribution in [0, 0.1) is 6.92 Å². The van der Waals surface area contributed by atoms with Gasteiger partial charge in [-0.1, -0.05) is 6.07 Å². The summed E-state index contributed by atoms with van der Waals surface area (Å²) in [5.74, 6) is -0.833. The van der Waals surface area contributed by atoms with Crippen molar-refractivity contribution in [3.05, 3.63) is 30.1 Å². The van der Waals surface area contributed by atoms with Crippen LogP contribution in [0.2, 0.25) is 0 Å². The Labute approximate surface area is 74.0 Å². The Bertz CT molecular complexity index is 210. The molecule has 4 heteroatoms. The molecule has 0 aliphatic heterocycles. The van der Waals surface area contributed by atoms with Gasteiger partial charge in [-0.3, -0.25) is 9.78 Å². The van der Waals surface area contributed by atoms with Gasteiger partial charge in [0.05, 0.1) is 0 Å².